The molecule has 0 aliphatic heterocycles. The summed E-state index contributed by atoms with van der Waals surface area (Å²) < 4.78 is 7.17. The lowest BCUT2D eigenvalue weighted by Crippen LogP contribution is -1.95. The maximum Gasteiger partial charge on any atom is 0.216 e. The monoisotopic (exact) mass is 376 g/mol. The summed E-state index contributed by atoms with van der Waals surface area (Å²) in [5, 5.41) is 18.9. The maximum atomic E-state index is 5.31. The van der Waals surface area contributed by atoms with Crippen LogP contribution in [0.15, 0.2) is 65.8 Å². The number of nitrogens with zero attached hydrogens (tertiary/aromatic N) is 4. The zero-order valence-electron chi connectivity index (χ0n) is 14.5. The van der Waals surface area contributed by atoms with Gasteiger partial charge in [-0.3, -0.25) is 5.10 Å². The standard InChI is InChI=1S/C19H16N6OS/c1-26-15-9-5-6-13(10-15)12-20-25-18(23-24-19(25)27)17-11-16(21-22-17)14-7-3-2-4-8-14/h2-12H,1H3,(H,21,22)(H,24,27)/b20-12+. The molecule has 0 spiro atoms. The molecule has 0 amide bonds. The van der Waals surface area contributed by atoms with Gasteiger partial charge in [-0.2, -0.15) is 20.0 Å². The van der Waals surface area contributed by atoms with Crippen LogP contribution >= 0.6 is 12.2 Å². The van der Waals surface area contributed by atoms with E-state index in [9.17, 15) is 0 Å². The van der Waals surface area contributed by atoms with Crippen molar-refractivity contribution in [1.82, 2.24) is 25.1 Å². The Labute approximate surface area is 160 Å². The van der Waals surface area contributed by atoms with Crippen LogP contribution in [0.5, 0.6) is 5.75 Å². The zero-order chi connectivity index (χ0) is 18.6. The van der Waals surface area contributed by atoms with Crippen LogP contribution in [0.4, 0.5) is 0 Å². The van der Waals surface area contributed by atoms with E-state index in [0.29, 0.717) is 16.3 Å². The van der Waals surface area contributed by atoms with Crippen LogP contribution in [0.3, 0.4) is 0 Å². The fourth-order valence-electron chi connectivity index (χ4n) is 2.61. The third-order valence-corrected chi connectivity index (χ3v) is 4.22. The second kappa shape index (κ2) is 7.38. The van der Waals surface area contributed by atoms with E-state index in [1.807, 2.05) is 60.7 Å². The number of hydrogen-bond donors (Lipinski definition) is 2. The Morgan fingerprint density at radius 2 is 1.89 bits per heavy atom. The van der Waals surface area contributed by atoms with Gasteiger partial charge in [0.25, 0.3) is 0 Å². The van der Waals surface area contributed by atoms with E-state index in [1.54, 1.807) is 18.0 Å². The molecule has 0 atom stereocenters. The van der Waals surface area contributed by atoms with Crippen LogP contribution in [0.25, 0.3) is 22.8 Å². The van der Waals surface area contributed by atoms with Crippen molar-refractivity contribution >= 4 is 18.4 Å². The van der Waals surface area contributed by atoms with E-state index in [4.69, 9.17) is 17.0 Å². The molecule has 0 aliphatic carbocycles. The normalized spacial score (nSPS) is 11.1. The molecule has 0 saturated heterocycles. The first kappa shape index (κ1) is 16.9. The highest BCUT2D eigenvalue weighted by Gasteiger charge is 2.12. The van der Waals surface area contributed by atoms with Gasteiger partial charge in [-0.1, -0.05) is 42.5 Å². The van der Waals surface area contributed by atoms with Gasteiger partial charge in [0.05, 0.1) is 19.0 Å². The lowest BCUT2D eigenvalue weighted by atomic mass is 10.1. The lowest BCUT2D eigenvalue weighted by Gasteiger charge is -2.00. The van der Waals surface area contributed by atoms with E-state index in [-0.39, 0.29) is 0 Å². The van der Waals surface area contributed by atoms with Crippen molar-refractivity contribution in [2.45, 2.75) is 0 Å². The largest absolute Gasteiger partial charge is 0.497 e. The SMILES string of the molecule is COc1cccc(/C=N/n2c(-c3cc(-c4ccccc4)n[nH]3)n[nH]c2=S)c1. The van der Waals surface area contributed by atoms with E-state index in [1.165, 1.54) is 0 Å². The first-order valence-electron chi connectivity index (χ1n) is 8.21. The first-order valence-corrected chi connectivity index (χ1v) is 8.62. The second-order valence-corrected chi connectivity index (χ2v) is 6.10. The van der Waals surface area contributed by atoms with Crippen molar-refractivity contribution in [1.29, 1.82) is 0 Å². The molecular formula is C19H16N6OS. The van der Waals surface area contributed by atoms with Gasteiger partial charge in [-0.25, -0.2) is 5.10 Å². The number of benzene rings is 2. The highest BCUT2D eigenvalue weighted by atomic mass is 32.1. The number of aromatic amines is 2. The molecule has 0 unspecified atom stereocenters. The minimum atomic E-state index is 0.389. The van der Waals surface area contributed by atoms with Crippen LogP contribution in [-0.2, 0) is 0 Å². The van der Waals surface area contributed by atoms with Crippen LogP contribution in [0.1, 0.15) is 5.56 Å². The summed E-state index contributed by atoms with van der Waals surface area (Å²) in [5.41, 5.74) is 3.44. The third-order valence-electron chi connectivity index (χ3n) is 3.95. The number of aromatic nitrogens is 5. The molecule has 2 N–H and O–H groups in total. The number of methoxy groups -OCH3 is 1. The summed E-state index contributed by atoms with van der Waals surface area (Å²) in [5.74, 6) is 1.31. The molecule has 2 heterocycles. The molecule has 2 aromatic heterocycles. The molecule has 4 aromatic rings. The topological polar surface area (TPSA) is 83.9 Å². The van der Waals surface area contributed by atoms with Gasteiger partial charge >= 0.3 is 0 Å². The smallest absolute Gasteiger partial charge is 0.216 e. The van der Waals surface area contributed by atoms with Crippen LogP contribution in [0, 0.1) is 4.77 Å². The Hall–Kier alpha value is -3.52. The highest BCUT2D eigenvalue weighted by Crippen LogP contribution is 2.22. The predicted octanol–water partition coefficient (Wildman–Crippen LogP) is 3.89. The molecule has 0 radical (unpaired) electrons. The van der Waals surface area contributed by atoms with Gasteiger partial charge in [0, 0.05) is 5.56 Å². The van der Waals surface area contributed by atoms with E-state index >= 15 is 0 Å². The third kappa shape index (κ3) is 3.56. The van der Waals surface area contributed by atoms with Crippen molar-refractivity contribution in [2.24, 2.45) is 5.10 Å². The molecule has 0 bridgehead atoms. The molecule has 0 saturated carbocycles. The average molecular weight is 376 g/mol. The van der Waals surface area contributed by atoms with Gasteiger partial charge in [0.2, 0.25) is 10.6 Å². The van der Waals surface area contributed by atoms with Gasteiger partial charge in [0.1, 0.15) is 11.4 Å². The number of hydrogen-bond acceptors (Lipinski definition) is 5. The van der Waals surface area contributed by atoms with Gasteiger partial charge < -0.3 is 4.74 Å². The summed E-state index contributed by atoms with van der Waals surface area (Å²) in [7, 11) is 1.63. The lowest BCUT2D eigenvalue weighted by molar-refractivity contribution is 0.415. The van der Waals surface area contributed by atoms with Crippen LogP contribution in [-0.4, -0.2) is 38.4 Å². The molecular weight excluding hydrogens is 360 g/mol. The highest BCUT2D eigenvalue weighted by molar-refractivity contribution is 7.71. The first-order chi connectivity index (χ1) is 13.2. The van der Waals surface area contributed by atoms with Crippen molar-refractivity contribution in [3.05, 3.63) is 71.0 Å². The van der Waals surface area contributed by atoms with Crippen molar-refractivity contribution in [2.75, 3.05) is 7.11 Å². The molecule has 0 fully saturated rings. The van der Waals surface area contributed by atoms with Crippen LogP contribution in [0.2, 0.25) is 0 Å². The fourth-order valence-corrected chi connectivity index (χ4v) is 2.79. The summed E-state index contributed by atoms with van der Waals surface area (Å²) in [6, 6.07) is 19.4. The molecule has 7 nitrogen and oxygen atoms in total. The Kier molecular flexibility index (Phi) is 4.63. The van der Waals surface area contributed by atoms with E-state index < -0.39 is 0 Å². The van der Waals surface area contributed by atoms with Gasteiger partial charge in [0.15, 0.2) is 0 Å². The van der Waals surface area contributed by atoms with Gasteiger partial charge in [-0.05, 0) is 36.0 Å². The van der Waals surface area contributed by atoms with Crippen LogP contribution < -0.4 is 4.74 Å². The zero-order valence-corrected chi connectivity index (χ0v) is 15.3. The van der Waals surface area contributed by atoms with E-state index in [2.05, 4.69) is 25.5 Å². The molecule has 2 aromatic carbocycles. The quantitative estimate of drug-likeness (QED) is 0.409. The molecule has 0 aliphatic rings. The summed E-state index contributed by atoms with van der Waals surface area (Å²) in [6.07, 6.45) is 1.70. The molecule has 27 heavy (non-hydrogen) atoms. The molecule has 8 heteroatoms. The van der Waals surface area contributed by atoms with Crippen molar-refractivity contribution in [3.63, 3.8) is 0 Å². The average Bonchev–Trinajstić information content (AvgIpc) is 3.34. The summed E-state index contributed by atoms with van der Waals surface area (Å²) in [4.78, 5) is 0. The molecule has 4 rings (SSSR count). The molecule has 134 valence electrons. The number of nitrogens with one attached hydrogen (secondary N) is 2. The van der Waals surface area contributed by atoms with Crippen molar-refractivity contribution < 1.29 is 4.74 Å². The minimum absolute atomic E-state index is 0.389. The maximum absolute atomic E-state index is 5.31. The minimum Gasteiger partial charge on any atom is -0.497 e. The van der Waals surface area contributed by atoms with Gasteiger partial charge in [-0.15, -0.1) is 0 Å². The Bertz CT molecular complexity index is 1140. The van der Waals surface area contributed by atoms with Crippen molar-refractivity contribution in [3.8, 4) is 28.5 Å². The number of rotatable bonds is 5. The predicted molar refractivity (Wildman–Crippen MR) is 106 cm³/mol. The summed E-state index contributed by atoms with van der Waals surface area (Å²) in [6.45, 7) is 0. The Morgan fingerprint density at radius 3 is 2.70 bits per heavy atom. The Balaban J connectivity index is 1.67. The number of H-pyrrole nitrogens is 2. The second-order valence-electron chi connectivity index (χ2n) is 5.72. The van der Waals surface area contributed by atoms with E-state index in [0.717, 1.165) is 22.6 Å². The fraction of sp³-hybridized carbons (Fsp3) is 0.0526. The number of ether oxygens (including phenoxy) is 1. The summed E-state index contributed by atoms with van der Waals surface area (Å²) >= 11 is 5.31. The Morgan fingerprint density at radius 1 is 1.04 bits per heavy atom.